The lowest BCUT2D eigenvalue weighted by Gasteiger charge is -2.28. The Balaban J connectivity index is 1.41. The van der Waals surface area contributed by atoms with E-state index in [1.807, 2.05) is 44.3 Å². The maximum absolute atomic E-state index is 13.4. The third kappa shape index (κ3) is 2.55. The zero-order valence-electron chi connectivity index (χ0n) is 15.3. The van der Waals surface area contributed by atoms with E-state index in [-0.39, 0.29) is 18.0 Å². The summed E-state index contributed by atoms with van der Waals surface area (Å²) in [6, 6.07) is 9.03. The van der Waals surface area contributed by atoms with E-state index in [0.29, 0.717) is 30.1 Å². The molecule has 2 aromatic rings. The summed E-state index contributed by atoms with van der Waals surface area (Å²) in [4.78, 5) is 26.8. The van der Waals surface area contributed by atoms with Crippen LogP contribution in [-0.2, 0) is 0 Å². The molecule has 0 N–H and O–H groups in total. The van der Waals surface area contributed by atoms with Crippen molar-refractivity contribution in [2.75, 3.05) is 11.5 Å². The number of pyridine rings is 2. The summed E-state index contributed by atoms with van der Waals surface area (Å²) >= 11 is 3.44. The van der Waals surface area contributed by atoms with Gasteiger partial charge in [-0.3, -0.25) is 4.79 Å². The van der Waals surface area contributed by atoms with E-state index >= 15 is 0 Å². The predicted octanol–water partition coefficient (Wildman–Crippen LogP) is 3.19. The minimum atomic E-state index is 0.00515. The van der Waals surface area contributed by atoms with Crippen LogP contribution in [0.3, 0.4) is 0 Å². The molecule has 2 bridgehead atoms. The summed E-state index contributed by atoms with van der Waals surface area (Å²) < 4.78 is 6.65. The van der Waals surface area contributed by atoms with Crippen LogP contribution >= 0.6 is 15.9 Å². The van der Waals surface area contributed by atoms with Crippen molar-refractivity contribution in [3.63, 3.8) is 0 Å². The van der Waals surface area contributed by atoms with Crippen molar-refractivity contribution < 1.29 is 9.53 Å². The molecule has 2 aromatic heterocycles. The molecule has 4 unspecified atom stereocenters. The molecule has 0 spiro atoms. The summed E-state index contributed by atoms with van der Waals surface area (Å²) in [6.45, 7) is 4.35. The van der Waals surface area contributed by atoms with Crippen LogP contribution in [-0.4, -0.2) is 51.5 Å². The zero-order chi connectivity index (χ0) is 18.7. The number of nitrogens with zero attached hydrogens (tertiary/aromatic N) is 4. The van der Waals surface area contributed by atoms with Gasteiger partial charge in [0.2, 0.25) is 0 Å². The van der Waals surface area contributed by atoms with E-state index in [0.717, 1.165) is 28.8 Å². The number of hydrogen-bond donors (Lipinski definition) is 0. The Bertz CT molecular complexity index is 885. The van der Waals surface area contributed by atoms with Crippen LogP contribution in [0.25, 0.3) is 0 Å². The fourth-order valence-corrected chi connectivity index (χ4v) is 5.08. The second-order valence-electron chi connectivity index (χ2n) is 7.38. The van der Waals surface area contributed by atoms with Crippen molar-refractivity contribution in [2.24, 2.45) is 0 Å². The largest absolute Gasteiger partial charge is 0.491 e. The summed E-state index contributed by atoms with van der Waals surface area (Å²) in [7, 11) is 0. The van der Waals surface area contributed by atoms with Gasteiger partial charge >= 0.3 is 0 Å². The Labute approximate surface area is 166 Å². The summed E-state index contributed by atoms with van der Waals surface area (Å²) in [5.41, 5.74) is 1.28. The van der Waals surface area contributed by atoms with E-state index < -0.39 is 0 Å². The first-order chi connectivity index (χ1) is 13.1. The molecule has 3 aliphatic heterocycles. The molecule has 4 atom stereocenters. The van der Waals surface area contributed by atoms with Crippen molar-refractivity contribution in [1.29, 1.82) is 0 Å². The van der Waals surface area contributed by atoms with E-state index in [1.54, 1.807) is 0 Å². The molecular weight excluding hydrogens is 408 g/mol. The lowest BCUT2D eigenvalue weighted by atomic mass is 10.0. The van der Waals surface area contributed by atoms with Crippen molar-refractivity contribution in [3.05, 3.63) is 46.3 Å². The first kappa shape index (κ1) is 17.0. The van der Waals surface area contributed by atoms with Gasteiger partial charge in [-0.1, -0.05) is 0 Å². The van der Waals surface area contributed by atoms with Gasteiger partial charge in [0.05, 0.1) is 30.8 Å². The Morgan fingerprint density at radius 1 is 1.22 bits per heavy atom. The maximum Gasteiger partial charge on any atom is 0.276 e. The Kier molecular flexibility index (Phi) is 3.89. The molecule has 5 heterocycles. The molecule has 3 aliphatic rings. The third-order valence-electron chi connectivity index (χ3n) is 5.87. The second-order valence-corrected chi connectivity index (χ2v) is 8.30. The molecule has 27 heavy (non-hydrogen) atoms. The number of ether oxygens (including phenoxy) is 1. The summed E-state index contributed by atoms with van der Waals surface area (Å²) in [5, 5.41) is 0. The SMILES string of the molecule is CCOc1ccc(C)nc1C(=O)N1C2CCC1C1C2N1c1ccc(Br)cn1. The quantitative estimate of drug-likeness (QED) is 0.699. The monoisotopic (exact) mass is 428 g/mol. The second kappa shape index (κ2) is 6.19. The van der Waals surface area contributed by atoms with E-state index in [4.69, 9.17) is 4.74 Å². The molecule has 0 aromatic carbocycles. The van der Waals surface area contributed by atoms with Gasteiger partial charge in [0.15, 0.2) is 11.4 Å². The van der Waals surface area contributed by atoms with Crippen molar-refractivity contribution in [3.8, 4) is 5.75 Å². The molecular formula is C20H21BrN4O2. The lowest BCUT2D eigenvalue weighted by Crippen LogP contribution is -2.43. The van der Waals surface area contributed by atoms with Gasteiger partial charge in [-0.05, 0) is 66.9 Å². The number of aromatic nitrogens is 2. The first-order valence-electron chi connectivity index (χ1n) is 9.43. The standard InChI is InChI=1S/C20H21BrN4O2/c1-3-27-15-8-4-11(2)23-17(15)20(26)24-13-6-7-14(24)19-18(13)25(19)16-9-5-12(21)10-22-16/h4-5,8-10,13-14,18-19H,3,6-7H2,1-2H3. The smallest absolute Gasteiger partial charge is 0.276 e. The van der Waals surface area contributed by atoms with Crippen molar-refractivity contribution in [2.45, 2.75) is 50.9 Å². The third-order valence-corrected chi connectivity index (χ3v) is 6.34. The van der Waals surface area contributed by atoms with Gasteiger partial charge in [-0.15, -0.1) is 0 Å². The van der Waals surface area contributed by atoms with Crippen LogP contribution in [0.4, 0.5) is 5.82 Å². The van der Waals surface area contributed by atoms with Gasteiger partial charge in [0, 0.05) is 16.4 Å². The lowest BCUT2D eigenvalue weighted by molar-refractivity contribution is 0.0701. The highest BCUT2D eigenvalue weighted by atomic mass is 79.9. The first-order valence-corrected chi connectivity index (χ1v) is 10.2. The molecule has 1 amide bonds. The minimum absolute atomic E-state index is 0.00515. The van der Waals surface area contributed by atoms with Crippen LogP contribution in [0.2, 0.25) is 0 Å². The number of piperazine rings is 1. The Morgan fingerprint density at radius 3 is 2.59 bits per heavy atom. The van der Waals surface area contributed by atoms with Crippen LogP contribution < -0.4 is 9.64 Å². The van der Waals surface area contributed by atoms with Gasteiger partial charge in [-0.25, -0.2) is 9.97 Å². The molecule has 0 aliphatic carbocycles. The highest BCUT2D eigenvalue weighted by Gasteiger charge is 2.69. The highest BCUT2D eigenvalue weighted by molar-refractivity contribution is 9.10. The van der Waals surface area contributed by atoms with Crippen LogP contribution in [0, 0.1) is 6.92 Å². The number of hydrogen-bond acceptors (Lipinski definition) is 5. The highest BCUT2D eigenvalue weighted by Crippen LogP contribution is 2.54. The molecule has 3 saturated heterocycles. The molecule has 140 valence electrons. The maximum atomic E-state index is 13.4. The fraction of sp³-hybridized carbons (Fsp3) is 0.450. The van der Waals surface area contributed by atoms with E-state index in [2.05, 4.69) is 35.7 Å². The van der Waals surface area contributed by atoms with Crippen LogP contribution in [0.1, 0.15) is 35.9 Å². The molecule has 6 nitrogen and oxygen atoms in total. The summed E-state index contributed by atoms with van der Waals surface area (Å²) in [6.07, 6.45) is 3.92. The van der Waals surface area contributed by atoms with Crippen molar-refractivity contribution in [1.82, 2.24) is 14.9 Å². The number of rotatable bonds is 4. The van der Waals surface area contributed by atoms with Gasteiger partial charge in [0.25, 0.3) is 5.91 Å². The van der Waals surface area contributed by atoms with Gasteiger partial charge < -0.3 is 14.5 Å². The molecule has 0 saturated carbocycles. The molecule has 0 radical (unpaired) electrons. The minimum Gasteiger partial charge on any atom is -0.491 e. The average Bonchev–Trinajstić information content (AvgIpc) is 3.17. The van der Waals surface area contributed by atoms with Gasteiger partial charge in [0.1, 0.15) is 5.82 Å². The van der Waals surface area contributed by atoms with Gasteiger partial charge in [-0.2, -0.15) is 0 Å². The average molecular weight is 429 g/mol. The number of carbonyl (C=O) groups excluding carboxylic acids is 1. The predicted molar refractivity (Wildman–Crippen MR) is 105 cm³/mol. The number of anilines is 1. The number of aryl methyl sites for hydroxylation is 1. The topological polar surface area (TPSA) is 58.3 Å². The fourth-order valence-electron chi connectivity index (χ4n) is 4.85. The Morgan fingerprint density at radius 2 is 1.96 bits per heavy atom. The zero-order valence-corrected chi connectivity index (χ0v) is 16.9. The van der Waals surface area contributed by atoms with E-state index in [9.17, 15) is 4.79 Å². The Hall–Kier alpha value is -2.15. The van der Waals surface area contributed by atoms with E-state index in [1.165, 1.54) is 0 Å². The number of fused-ring (bicyclic) bond motifs is 5. The van der Waals surface area contributed by atoms with Crippen molar-refractivity contribution >= 4 is 27.7 Å². The number of amides is 1. The molecule has 7 heteroatoms. The normalized spacial score (nSPS) is 27.7. The molecule has 5 rings (SSSR count). The number of halogens is 1. The van der Waals surface area contributed by atoms with Crippen LogP contribution in [0.5, 0.6) is 5.75 Å². The molecule has 3 fully saturated rings. The van der Waals surface area contributed by atoms with Crippen LogP contribution in [0.15, 0.2) is 34.9 Å². The number of carbonyl (C=O) groups is 1. The summed E-state index contributed by atoms with van der Waals surface area (Å²) in [5.74, 6) is 1.59.